The zero-order valence-electron chi connectivity index (χ0n) is 15.6. The van der Waals surface area contributed by atoms with Gasteiger partial charge in [0.15, 0.2) is 0 Å². The molecule has 0 spiro atoms. The van der Waals surface area contributed by atoms with Crippen LogP contribution in [-0.4, -0.2) is 45.8 Å². The average Bonchev–Trinajstić information content (AvgIpc) is 3.11. The number of fused-ring (bicyclic) bond motifs is 3. The van der Waals surface area contributed by atoms with Crippen molar-refractivity contribution in [2.75, 3.05) is 29.6 Å². The van der Waals surface area contributed by atoms with Crippen LogP contribution in [0.2, 0.25) is 0 Å². The number of para-hydroxylation sites is 2. The molecule has 7 nitrogen and oxygen atoms in total. The summed E-state index contributed by atoms with van der Waals surface area (Å²) in [5.41, 5.74) is 2.64. The molecule has 2 unspecified atom stereocenters. The second-order valence-electron chi connectivity index (χ2n) is 7.14. The third kappa shape index (κ3) is 3.83. The number of carbonyl (C=O) groups excluding carboxylic acids is 1. The first-order chi connectivity index (χ1) is 13.4. The van der Waals surface area contributed by atoms with Gasteiger partial charge in [0.1, 0.15) is 11.8 Å². The molecule has 2 aromatic rings. The Bertz CT molecular complexity index is 975. The number of sulfonamides is 1. The Morgan fingerprint density at radius 3 is 2.68 bits per heavy atom. The number of hydrogen-bond donors (Lipinski definition) is 2. The van der Waals surface area contributed by atoms with Crippen LogP contribution in [0, 0.1) is 0 Å². The lowest BCUT2D eigenvalue weighted by atomic mass is 10.1. The molecule has 0 saturated carbocycles. The molecule has 28 heavy (non-hydrogen) atoms. The van der Waals surface area contributed by atoms with Crippen LogP contribution in [0.1, 0.15) is 12.0 Å². The highest BCUT2D eigenvalue weighted by Gasteiger charge is 2.41. The van der Waals surface area contributed by atoms with Gasteiger partial charge in [-0.2, -0.15) is 0 Å². The van der Waals surface area contributed by atoms with Gasteiger partial charge in [-0.05, 0) is 42.7 Å². The molecule has 0 aromatic heterocycles. The average molecular weight is 401 g/mol. The van der Waals surface area contributed by atoms with Crippen LogP contribution >= 0.6 is 0 Å². The van der Waals surface area contributed by atoms with Crippen LogP contribution in [0.15, 0.2) is 48.5 Å². The fraction of sp³-hybridized carbons (Fsp3) is 0.350. The second-order valence-corrected chi connectivity index (χ2v) is 9.02. The number of aryl methyl sites for hydroxylation is 1. The van der Waals surface area contributed by atoms with Crippen LogP contribution < -0.4 is 19.7 Å². The van der Waals surface area contributed by atoms with Crippen molar-refractivity contribution < 1.29 is 17.9 Å². The van der Waals surface area contributed by atoms with Gasteiger partial charge in [0.2, 0.25) is 15.9 Å². The highest BCUT2D eigenvalue weighted by Crippen LogP contribution is 2.36. The summed E-state index contributed by atoms with van der Waals surface area (Å²) < 4.78 is 33.0. The minimum absolute atomic E-state index is 0.00325. The van der Waals surface area contributed by atoms with Crippen LogP contribution in [0.3, 0.4) is 0 Å². The molecule has 148 valence electrons. The topological polar surface area (TPSA) is 87.7 Å². The number of amides is 1. The Labute approximate surface area is 164 Å². The van der Waals surface area contributed by atoms with Gasteiger partial charge in [-0.3, -0.25) is 4.79 Å². The maximum absolute atomic E-state index is 12.6. The zero-order valence-corrected chi connectivity index (χ0v) is 16.4. The summed E-state index contributed by atoms with van der Waals surface area (Å²) in [4.78, 5) is 14.4. The Hall–Kier alpha value is -2.58. The first-order valence-corrected chi connectivity index (χ1v) is 10.9. The van der Waals surface area contributed by atoms with Gasteiger partial charge in [-0.1, -0.05) is 24.3 Å². The zero-order chi connectivity index (χ0) is 19.7. The molecule has 0 aliphatic carbocycles. The smallest absolute Gasteiger partial charge is 0.247 e. The van der Waals surface area contributed by atoms with E-state index in [-0.39, 0.29) is 23.7 Å². The van der Waals surface area contributed by atoms with Gasteiger partial charge in [-0.15, -0.1) is 0 Å². The van der Waals surface area contributed by atoms with Crippen molar-refractivity contribution in [3.8, 4) is 5.75 Å². The van der Waals surface area contributed by atoms with Crippen LogP contribution in [0.4, 0.5) is 11.4 Å². The quantitative estimate of drug-likeness (QED) is 0.770. The molecule has 2 aliphatic heterocycles. The Balaban J connectivity index is 1.40. The number of methoxy groups -OCH3 is 1. The standard InChI is InChI=1S/C20H23N3O4S/c1-27-16-8-6-14(7-9-16)10-11-28(25,26)22-15-12-19-20(24)21-17-4-2-3-5-18(17)23(19)13-15/h2-9,15,19,22H,10-13H2,1H3,(H,21,24). The third-order valence-corrected chi connectivity index (χ3v) is 6.67. The van der Waals surface area contributed by atoms with Gasteiger partial charge in [0, 0.05) is 12.6 Å². The molecule has 1 amide bonds. The predicted octanol–water partition coefficient (Wildman–Crippen LogP) is 1.76. The molecular weight excluding hydrogens is 378 g/mol. The van der Waals surface area contributed by atoms with Crippen molar-refractivity contribution >= 4 is 27.3 Å². The summed E-state index contributed by atoms with van der Waals surface area (Å²) in [6, 6.07) is 14.3. The van der Waals surface area contributed by atoms with Gasteiger partial charge < -0.3 is 15.0 Å². The van der Waals surface area contributed by atoms with E-state index < -0.39 is 10.0 Å². The van der Waals surface area contributed by atoms with Crippen molar-refractivity contribution in [1.82, 2.24) is 4.72 Å². The summed E-state index contributed by atoms with van der Waals surface area (Å²) >= 11 is 0. The Morgan fingerprint density at radius 2 is 1.93 bits per heavy atom. The highest BCUT2D eigenvalue weighted by atomic mass is 32.2. The number of anilines is 2. The molecule has 8 heteroatoms. The molecule has 0 radical (unpaired) electrons. The van der Waals surface area contributed by atoms with E-state index in [1.165, 1.54) is 0 Å². The molecule has 2 aromatic carbocycles. The van der Waals surface area contributed by atoms with E-state index >= 15 is 0 Å². The predicted molar refractivity (Wildman–Crippen MR) is 108 cm³/mol. The molecule has 2 aliphatic rings. The maximum atomic E-state index is 12.6. The lowest BCUT2D eigenvalue weighted by Gasteiger charge is -2.32. The van der Waals surface area contributed by atoms with E-state index in [4.69, 9.17) is 4.74 Å². The fourth-order valence-electron chi connectivity index (χ4n) is 3.84. The van der Waals surface area contributed by atoms with Crippen molar-refractivity contribution in [2.24, 2.45) is 0 Å². The summed E-state index contributed by atoms with van der Waals surface area (Å²) in [6.45, 7) is 0.483. The van der Waals surface area contributed by atoms with Gasteiger partial charge in [0.25, 0.3) is 0 Å². The number of benzene rings is 2. The van der Waals surface area contributed by atoms with Crippen molar-refractivity contribution in [3.63, 3.8) is 0 Å². The maximum Gasteiger partial charge on any atom is 0.247 e. The van der Waals surface area contributed by atoms with Crippen LogP contribution in [-0.2, 0) is 21.2 Å². The number of hydrogen-bond acceptors (Lipinski definition) is 5. The van der Waals surface area contributed by atoms with Crippen molar-refractivity contribution in [1.29, 1.82) is 0 Å². The number of ether oxygens (including phenoxy) is 1. The van der Waals surface area contributed by atoms with Crippen molar-refractivity contribution in [2.45, 2.75) is 24.9 Å². The van der Waals surface area contributed by atoms with Crippen LogP contribution in [0.25, 0.3) is 0 Å². The number of rotatable bonds is 6. The fourth-order valence-corrected chi connectivity index (χ4v) is 5.14. The number of carbonyl (C=O) groups is 1. The summed E-state index contributed by atoms with van der Waals surface area (Å²) in [7, 11) is -1.86. The van der Waals surface area contributed by atoms with Crippen LogP contribution in [0.5, 0.6) is 5.75 Å². The molecular formula is C20H23N3O4S. The SMILES string of the molecule is COc1ccc(CCS(=O)(=O)NC2CC3C(=O)Nc4ccccc4N3C2)cc1. The molecule has 2 N–H and O–H groups in total. The summed E-state index contributed by atoms with van der Waals surface area (Å²) in [5.74, 6) is 0.660. The normalized spacial score (nSPS) is 21.0. The molecule has 1 fully saturated rings. The minimum Gasteiger partial charge on any atom is -0.497 e. The van der Waals surface area contributed by atoms with E-state index in [0.717, 1.165) is 22.7 Å². The monoisotopic (exact) mass is 401 g/mol. The van der Waals surface area contributed by atoms with Gasteiger partial charge in [0.05, 0.1) is 24.2 Å². The van der Waals surface area contributed by atoms with E-state index in [0.29, 0.717) is 19.4 Å². The lowest BCUT2D eigenvalue weighted by Crippen LogP contribution is -2.44. The minimum atomic E-state index is -3.46. The summed E-state index contributed by atoms with van der Waals surface area (Å²) in [6.07, 6.45) is 0.879. The van der Waals surface area contributed by atoms with E-state index in [2.05, 4.69) is 10.0 Å². The van der Waals surface area contributed by atoms with Gasteiger partial charge in [-0.25, -0.2) is 13.1 Å². The molecule has 1 saturated heterocycles. The third-order valence-electron chi connectivity index (χ3n) is 5.24. The Morgan fingerprint density at radius 1 is 1.18 bits per heavy atom. The largest absolute Gasteiger partial charge is 0.497 e. The van der Waals surface area contributed by atoms with Gasteiger partial charge >= 0.3 is 0 Å². The lowest BCUT2D eigenvalue weighted by molar-refractivity contribution is -0.117. The number of nitrogens with zero attached hydrogens (tertiary/aromatic N) is 1. The Kier molecular flexibility index (Phi) is 4.99. The first kappa shape index (κ1) is 18.8. The molecule has 2 atom stereocenters. The second kappa shape index (κ2) is 7.44. The van der Waals surface area contributed by atoms with E-state index in [9.17, 15) is 13.2 Å². The highest BCUT2D eigenvalue weighted by molar-refractivity contribution is 7.89. The molecule has 0 bridgehead atoms. The first-order valence-electron chi connectivity index (χ1n) is 9.25. The van der Waals surface area contributed by atoms with E-state index in [1.807, 2.05) is 53.4 Å². The van der Waals surface area contributed by atoms with Crippen molar-refractivity contribution in [3.05, 3.63) is 54.1 Å². The molecule has 2 heterocycles. The van der Waals surface area contributed by atoms with E-state index in [1.54, 1.807) is 7.11 Å². The molecule has 4 rings (SSSR count). The summed E-state index contributed by atoms with van der Waals surface area (Å²) in [5, 5.41) is 2.90. The number of nitrogens with one attached hydrogen (secondary N) is 2.